The Kier molecular flexibility index (Phi) is 2.66. The summed E-state index contributed by atoms with van der Waals surface area (Å²) in [6.45, 7) is 0. The molecule has 2 fully saturated rings. The topological polar surface area (TPSA) is 12.5 Å². The highest BCUT2D eigenvalue weighted by Crippen LogP contribution is 2.43. The Labute approximate surface area is 114 Å². The van der Waals surface area contributed by atoms with Crippen molar-refractivity contribution in [3.8, 4) is 11.1 Å². The van der Waals surface area contributed by atoms with Crippen molar-refractivity contribution < 1.29 is 4.74 Å². The summed E-state index contributed by atoms with van der Waals surface area (Å²) in [6.07, 6.45) is 4.96. The Balaban J connectivity index is 1.47. The van der Waals surface area contributed by atoms with Crippen LogP contribution in [0.1, 0.15) is 18.4 Å². The quantitative estimate of drug-likeness (QED) is 0.748. The van der Waals surface area contributed by atoms with Gasteiger partial charge in [0.25, 0.3) is 0 Å². The molecule has 0 aromatic heterocycles. The van der Waals surface area contributed by atoms with Gasteiger partial charge in [-0.3, -0.25) is 0 Å². The van der Waals surface area contributed by atoms with E-state index in [0.717, 1.165) is 5.92 Å². The van der Waals surface area contributed by atoms with Crippen molar-refractivity contribution in [2.24, 2.45) is 5.92 Å². The lowest BCUT2D eigenvalue weighted by Crippen LogP contribution is -2.03. The summed E-state index contributed by atoms with van der Waals surface area (Å²) in [5, 5.41) is 0. The van der Waals surface area contributed by atoms with Crippen molar-refractivity contribution in [1.82, 2.24) is 0 Å². The van der Waals surface area contributed by atoms with Gasteiger partial charge >= 0.3 is 0 Å². The fraction of sp³-hybridized carbons (Fsp3) is 0.333. The van der Waals surface area contributed by atoms with Crippen LogP contribution in [-0.4, -0.2) is 12.2 Å². The van der Waals surface area contributed by atoms with E-state index in [-0.39, 0.29) is 0 Å². The lowest BCUT2D eigenvalue weighted by Gasteiger charge is -2.11. The third-order valence-corrected chi connectivity index (χ3v) is 4.40. The second-order valence-electron chi connectivity index (χ2n) is 5.82. The standard InChI is InChI=1S/C18H18O/c1-2-4-15(5-3-1)16-8-6-13(7-9-16)10-14-11-17-18(12-14)19-17/h1-9,14,17-18H,10-12H2/t14-,17-,18+. The van der Waals surface area contributed by atoms with Crippen LogP contribution in [0, 0.1) is 5.92 Å². The number of benzene rings is 2. The first-order chi connectivity index (χ1) is 9.38. The predicted molar refractivity (Wildman–Crippen MR) is 77.0 cm³/mol. The first kappa shape index (κ1) is 11.2. The summed E-state index contributed by atoms with van der Waals surface area (Å²) in [6, 6.07) is 19.6. The summed E-state index contributed by atoms with van der Waals surface area (Å²) in [5.74, 6) is 0.839. The highest BCUT2D eigenvalue weighted by atomic mass is 16.6. The largest absolute Gasteiger partial charge is 0.370 e. The van der Waals surface area contributed by atoms with Gasteiger partial charge in [-0.2, -0.15) is 0 Å². The average Bonchev–Trinajstić information content (AvgIpc) is 3.08. The van der Waals surface area contributed by atoms with E-state index < -0.39 is 0 Å². The molecule has 2 aromatic rings. The van der Waals surface area contributed by atoms with Crippen LogP contribution in [0.3, 0.4) is 0 Å². The fourth-order valence-corrected chi connectivity index (χ4v) is 3.31. The number of hydrogen-bond donors (Lipinski definition) is 0. The molecular formula is C18H18O. The second-order valence-corrected chi connectivity index (χ2v) is 5.82. The SMILES string of the molecule is c1ccc(-c2ccc(C[C@H]3C[C@@H]4O[C@@H]4C3)cc2)cc1. The van der Waals surface area contributed by atoms with Gasteiger partial charge in [-0.15, -0.1) is 0 Å². The zero-order valence-corrected chi connectivity index (χ0v) is 11.0. The van der Waals surface area contributed by atoms with Crippen LogP contribution in [0.15, 0.2) is 54.6 Å². The fourth-order valence-electron chi connectivity index (χ4n) is 3.31. The molecule has 1 nitrogen and oxygen atoms in total. The van der Waals surface area contributed by atoms with Crippen molar-refractivity contribution in [1.29, 1.82) is 0 Å². The van der Waals surface area contributed by atoms with E-state index in [1.807, 2.05) is 0 Å². The van der Waals surface area contributed by atoms with Crippen molar-refractivity contribution >= 4 is 0 Å². The first-order valence-corrected chi connectivity index (χ1v) is 7.18. The van der Waals surface area contributed by atoms with E-state index in [1.165, 1.54) is 36.0 Å². The van der Waals surface area contributed by atoms with E-state index in [9.17, 15) is 0 Å². The van der Waals surface area contributed by atoms with Crippen molar-refractivity contribution in [2.75, 3.05) is 0 Å². The molecule has 0 bridgehead atoms. The van der Waals surface area contributed by atoms with Crippen LogP contribution in [0.2, 0.25) is 0 Å². The molecule has 0 unspecified atom stereocenters. The lowest BCUT2D eigenvalue weighted by molar-refractivity contribution is 0.272. The molecule has 1 heterocycles. The van der Waals surface area contributed by atoms with Crippen LogP contribution in [0.25, 0.3) is 11.1 Å². The molecule has 96 valence electrons. The third kappa shape index (κ3) is 2.31. The highest BCUT2D eigenvalue weighted by molar-refractivity contribution is 5.63. The number of epoxide rings is 1. The van der Waals surface area contributed by atoms with E-state index in [1.54, 1.807) is 0 Å². The summed E-state index contributed by atoms with van der Waals surface area (Å²) >= 11 is 0. The first-order valence-electron chi connectivity index (χ1n) is 7.18. The molecule has 19 heavy (non-hydrogen) atoms. The maximum atomic E-state index is 5.50. The minimum atomic E-state index is 0.605. The molecule has 0 radical (unpaired) electrons. The lowest BCUT2D eigenvalue weighted by atomic mass is 9.95. The van der Waals surface area contributed by atoms with Gasteiger partial charge in [-0.25, -0.2) is 0 Å². The van der Waals surface area contributed by atoms with Gasteiger partial charge < -0.3 is 4.74 Å². The molecule has 1 saturated heterocycles. The van der Waals surface area contributed by atoms with Gasteiger partial charge in [0.05, 0.1) is 12.2 Å². The van der Waals surface area contributed by atoms with Gasteiger partial charge in [0, 0.05) is 0 Å². The molecule has 1 heteroatoms. The third-order valence-electron chi connectivity index (χ3n) is 4.40. The Bertz CT molecular complexity index is 548. The molecule has 3 atom stereocenters. The van der Waals surface area contributed by atoms with Crippen LogP contribution >= 0.6 is 0 Å². The molecular weight excluding hydrogens is 232 g/mol. The van der Waals surface area contributed by atoms with Crippen LogP contribution in [0.5, 0.6) is 0 Å². The highest BCUT2D eigenvalue weighted by Gasteiger charge is 2.47. The number of rotatable bonds is 3. The van der Waals surface area contributed by atoms with Crippen LogP contribution < -0.4 is 0 Å². The molecule has 0 N–H and O–H groups in total. The molecule has 0 spiro atoms. The van der Waals surface area contributed by atoms with Crippen LogP contribution in [0.4, 0.5) is 0 Å². The van der Waals surface area contributed by atoms with E-state index in [4.69, 9.17) is 4.74 Å². The normalized spacial score (nSPS) is 28.1. The van der Waals surface area contributed by atoms with Crippen molar-refractivity contribution in [3.63, 3.8) is 0 Å². The zero-order chi connectivity index (χ0) is 12.7. The summed E-state index contributed by atoms with van der Waals surface area (Å²) in [7, 11) is 0. The molecule has 1 aliphatic carbocycles. The van der Waals surface area contributed by atoms with E-state index in [0.29, 0.717) is 12.2 Å². The minimum absolute atomic E-state index is 0.605. The number of fused-ring (bicyclic) bond motifs is 1. The smallest absolute Gasteiger partial charge is 0.0844 e. The molecule has 0 amide bonds. The molecule has 1 saturated carbocycles. The Morgan fingerprint density at radius 1 is 0.789 bits per heavy atom. The van der Waals surface area contributed by atoms with Gasteiger partial charge in [0.2, 0.25) is 0 Å². The Morgan fingerprint density at radius 3 is 2.11 bits per heavy atom. The zero-order valence-electron chi connectivity index (χ0n) is 11.0. The molecule has 2 aliphatic rings. The van der Waals surface area contributed by atoms with Gasteiger partial charge in [0.1, 0.15) is 0 Å². The molecule has 4 rings (SSSR count). The number of hydrogen-bond acceptors (Lipinski definition) is 1. The summed E-state index contributed by atoms with van der Waals surface area (Å²) < 4.78 is 5.50. The Hall–Kier alpha value is -1.60. The van der Waals surface area contributed by atoms with Crippen molar-refractivity contribution in [3.05, 3.63) is 60.2 Å². The molecule has 1 aliphatic heterocycles. The monoisotopic (exact) mass is 250 g/mol. The number of ether oxygens (including phenoxy) is 1. The van der Waals surface area contributed by atoms with Crippen LogP contribution in [-0.2, 0) is 11.2 Å². The van der Waals surface area contributed by atoms with E-state index >= 15 is 0 Å². The maximum Gasteiger partial charge on any atom is 0.0844 e. The minimum Gasteiger partial charge on any atom is -0.370 e. The van der Waals surface area contributed by atoms with Gasteiger partial charge in [-0.1, -0.05) is 54.6 Å². The predicted octanol–water partition coefficient (Wildman–Crippen LogP) is 4.07. The summed E-state index contributed by atoms with van der Waals surface area (Å²) in [4.78, 5) is 0. The Morgan fingerprint density at radius 2 is 1.42 bits per heavy atom. The van der Waals surface area contributed by atoms with Gasteiger partial charge in [0.15, 0.2) is 0 Å². The summed E-state index contributed by atoms with van der Waals surface area (Å²) in [5.41, 5.74) is 4.07. The second kappa shape index (κ2) is 4.50. The average molecular weight is 250 g/mol. The molecule has 2 aromatic carbocycles. The maximum absolute atomic E-state index is 5.50. The van der Waals surface area contributed by atoms with E-state index in [2.05, 4.69) is 54.6 Å². The van der Waals surface area contributed by atoms with Gasteiger partial charge in [-0.05, 0) is 41.9 Å². The van der Waals surface area contributed by atoms with Crippen molar-refractivity contribution in [2.45, 2.75) is 31.5 Å².